The molecule has 1 fully saturated rings. The van der Waals surface area contributed by atoms with E-state index in [4.69, 9.17) is 0 Å². The van der Waals surface area contributed by atoms with Gasteiger partial charge in [-0.3, -0.25) is 9.59 Å². The van der Waals surface area contributed by atoms with Gasteiger partial charge in [0.15, 0.2) is 0 Å². The summed E-state index contributed by atoms with van der Waals surface area (Å²) in [6, 6.07) is 11.3. The van der Waals surface area contributed by atoms with Gasteiger partial charge in [-0.25, -0.2) is 0 Å². The summed E-state index contributed by atoms with van der Waals surface area (Å²) in [6.07, 6.45) is 3.52. The molecule has 1 aliphatic heterocycles. The third-order valence-corrected chi connectivity index (χ3v) is 4.15. The highest BCUT2D eigenvalue weighted by molar-refractivity contribution is 5.96. The molecule has 2 amide bonds. The number of likely N-dealkylation sites (tertiary alicyclic amines) is 1. The molecule has 6 nitrogen and oxygen atoms in total. The largest absolute Gasteiger partial charge is 0.341 e. The maximum absolute atomic E-state index is 12.6. The highest BCUT2D eigenvalue weighted by Gasteiger charge is 2.22. The van der Waals surface area contributed by atoms with E-state index in [1.54, 1.807) is 13.1 Å². The van der Waals surface area contributed by atoms with E-state index in [0.717, 1.165) is 31.5 Å². The Morgan fingerprint density at radius 2 is 1.88 bits per heavy atom. The number of amides is 2. The second kappa shape index (κ2) is 7.21. The average Bonchev–Trinajstić information content (AvgIpc) is 3.17. The summed E-state index contributed by atoms with van der Waals surface area (Å²) in [6.45, 7) is 1.66. The monoisotopic (exact) mass is 324 g/mol. The van der Waals surface area contributed by atoms with Crippen LogP contribution in [-0.4, -0.2) is 58.5 Å². The van der Waals surface area contributed by atoms with E-state index in [0.29, 0.717) is 11.3 Å². The van der Waals surface area contributed by atoms with E-state index < -0.39 is 0 Å². The number of rotatable bonds is 4. The van der Waals surface area contributed by atoms with E-state index >= 15 is 0 Å². The minimum Gasteiger partial charge on any atom is -0.341 e. The third kappa shape index (κ3) is 3.59. The lowest BCUT2D eigenvalue weighted by molar-refractivity contribution is -0.130. The molecule has 1 saturated heterocycles. The normalized spacial score (nSPS) is 13.8. The minimum atomic E-state index is -0.227. The van der Waals surface area contributed by atoms with Gasteiger partial charge in [0.05, 0.1) is 24.0 Å². The Morgan fingerprint density at radius 3 is 2.58 bits per heavy atom. The first-order valence-corrected chi connectivity index (χ1v) is 8.06. The molecule has 0 aliphatic carbocycles. The molecule has 3 rings (SSSR count). The van der Waals surface area contributed by atoms with Crippen LogP contribution in [0, 0.1) is 0 Å². The second-order valence-corrected chi connectivity index (χ2v) is 5.94. The molecule has 0 bridgehead atoms. The summed E-state index contributed by atoms with van der Waals surface area (Å²) in [5, 5.41) is 8.01. The zero-order chi connectivity index (χ0) is 16.9. The maximum atomic E-state index is 12.6. The number of carbonyl (C=O) groups is 2. The SMILES string of the molecule is CN(CC(=O)N1CCCC1)C(=O)c1cnnc(-c2ccccc2)c1. The average molecular weight is 324 g/mol. The number of nitrogens with zero attached hydrogens (tertiary/aromatic N) is 4. The summed E-state index contributed by atoms with van der Waals surface area (Å²) in [4.78, 5) is 28.0. The molecule has 2 aromatic rings. The van der Waals surface area contributed by atoms with Gasteiger partial charge in [-0.05, 0) is 18.9 Å². The lowest BCUT2D eigenvalue weighted by Crippen LogP contribution is -2.39. The summed E-state index contributed by atoms with van der Waals surface area (Å²) in [5.41, 5.74) is 1.97. The number of hydrogen-bond acceptors (Lipinski definition) is 4. The molecular formula is C18H20N4O2. The molecule has 1 aromatic carbocycles. The molecule has 0 spiro atoms. The minimum absolute atomic E-state index is 0.00588. The fourth-order valence-electron chi connectivity index (χ4n) is 2.80. The van der Waals surface area contributed by atoms with Crippen LogP contribution in [0.1, 0.15) is 23.2 Å². The summed E-state index contributed by atoms with van der Waals surface area (Å²) >= 11 is 0. The smallest absolute Gasteiger partial charge is 0.255 e. The molecule has 0 N–H and O–H groups in total. The molecule has 24 heavy (non-hydrogen) atoms. The van der Waals surface area contributed by atoms with Gasteiger partial charge in [-0.2, -0.15) is 10.2 Å². The van der Waals surface area contributed by atoms with Crippen molar-refractivity contribution in [3.63, 3.8) is 0 Å². The van der Waals surface area contributed by atoms with E-state index in [-0.39, 0.29) is 18.4 Å². The first kappa shape index (κ1) is 16.1. The van der Waals surface area contributed by atoms with Gasteiger partial charge in [0.25, 0.3) is 5.91 Å². The van der Waals surface area contributed by atoms with Crippen LogP contribution in [0.5, 0.6) is 0 Å². The van der Waals surface area contributed by atoms with Crippen molar-refractivity contribution in [2.45, 2.75) is 12.8 Å². The van der Waals surface area contributed by atoms with Gasteiger partial charge in [-0.1, -0.05) is 30.3 Å². The van der Waals surface area contributed by atoms with Crippen LogP contribution >= 0.6 is 0 Å². The summed E-state index contributed by atoms with van der Waals surface area (Å²) < 4.78 is 0. The Labute approximate surface area is 141 Å². The van der Waals surface area contributed by atoms with E-state index in [2.05, 4.69) is 10.2 Å². The van der Waals surface area contributed by atoms with Gasteiger partial charge >= 0.3 is 0 Å². The van der Waals surface area contributed by atoms with E-state index in [9.17, 15) is 9.59 Å². The summed E-state index contributed by atoms with van der Waals surface area (Å²) in [5.74, 6) is -0.233. The van der Waals surface area contributed by atoms with Gasteiger partial charge in [0.1, 0.15) is 0 Å². The van der Waals surface area contributed by atoms with Gasteiger partial charge in [-0.15, -0.1) is 0 Å². The Hall–Kier alpha value is -2.76. The predicted octanol–water partition coefficient (Wildman–Crippen LogP) is 1.84. The summed E-state index contributed by atoms with van der Waals surface area (Å²) in [7, 11) is 1.64. The fraction of sp³-hybridized carbons (Fsp3) is 0.333. The van der Waals surface area contributed by atoms with Gasteiger partial charge in [0, 0.05) is 25.7 Å². The molecule has 1 aromatic heterocycles. The Kier molecular flexibility index (Phi) is 4.84. The lowest BCUT2D eigenvalue weighted by atomic mass is 10.1. The van der Waals surface area contributed by atoms with Crippen molar-refractivity contribution in [1.29, 1.82) is 0 Å². The van der Waals surface area contributed by atoms with Crippen LogP contribution in [0.15, 0.2) is 42.6 Å². The molecular weight excluding hydrogens is 304 g/mol. The van der Waals surface area contributed by atoms with Crippen LogP contribution in [0.4, 0.5) is 0 Å². The molecule has 0 atom stereocenters. The van der Waals surface area contributed by atoms with Crippen LogP contribution in [0.25, 0.3) is 11.3 Å². The van der Waals surface area contributed by atoms with E-state index in [1.165, 1.54) is 11.1 Å². The molecule has 1 aliphatic rings. The zero-order valence-corrected chi connectivity index (χ0v) is 13.7. The van der Waals surface area contributed by atoms with Crippen LogP contribution in [0.3, 0.4) is 0 Å². The Morgan fingerprint density at radius 1 is 1.17 bits per heavy atom. The fourth-order valence-corrected chi connectivity index (χ4v) is 2.80. The standard InChI is InChI=1S/C18H20N4O2/c1-21(13-17(23)22-9-5-6-10-22)18(24)15-11-16(20-19-12-15)14-7-3-2-4-8-14/h2-4,7-8,11-12H,5-6,9-10,13H2,1H3. The Balaban J connectivity index is 1.71. The molecule has 0 unspecified atom stereocenters. The maximum Gasteiger partial charge on any atom is 0.255 e. The number of carbonyl (C=O) groups excluding carboxylic acids is 2. The van der Waals surface area contributed by atoms with Gasteiger partial charge in [0.2, 0.25) is 5.91 Å². The van der Waals surface area contributed by atoms with Crippen LogP contribution in [0.2, 0.25) is 0 Å². The highest BCUT2D eigenvalue weighted by atomic mass is 16.2. The Bertz CT molecular complexity index is 727. The van der Waals surface area contributed by atoms with E-state index in [1.807, 2.05) is 35.2 Å². The quantitative estimate of drug-likeness (QED) is 0.861. The van der Waals surface area contributed by atoms with Crippen molar-refractivity contribution in [2.75, 3.05) is 26.7 Å². The number of aromatic nitrogens is 2. The highest BCUT2D eigenvalue weighted by Crippen LogP contribution is 2.17. The second-order valence-electron chi connectivity index (χ2n) is 5.94. The molecule has 6 heteroatoms. The third-order valence-electron chi connectivity index (χ3n) is 4.15. The first-order valence-electron chi connectivity index (χ1n) is 8.06. The van der Waals surface area contributed by atoms with Crippen LogP contribution in [-0.2, 0) is 4.79 Å². The van der Waals surface area contributed by atoms with Crippen LogP contribution < -0.4 is 0 Å². The lowest BCUT2D eigenvalue weighted by Gasteiger charge is -2.21. The van der Waals surface area contributed by atoms with Crippen molar-refractivity contribution in [3.8, 4) is 11.3 Å². The molecule has 124 valence electrons. The topological polar surface area (TPSA) is 66.4 Å². The number of hydrogen-bond donors (Lipinski definition) is 0. The zero-order valence-electron chi connectivity index (χ0n) is 13.7. The van der Waals surface area contributed by atoms with Gasteiger partial charge < -0.3 is 9.80 Å². The van der Waals surface area contributed by atoms with Crippen molar-refractivity contribution in [1.82, 2.24) is 20.0 Å². The molecule has 0 saturated carbocycles. The number of benzene rings is 1. The van der Waals surface area contributed by atoms with Crippen molar-refractivity contribution >= 4 is 11.8 Å². The first-order chi connectivity index (χ1) is 11.6. The molecule has 0 radical (unpaired) electrons. The predicted molar refractivity (Wildman–Crippen MR) is 90.2 cm³/mol. The number of likely N-dealkylation sites (N-methyl/N-ethyl adjacent to an activating group) is 1. The van der Waals surface area contributed by atoms with Crippen molar-refractivity contribution < 1.29 is 9.59 Å². The van der Waals surface area contributed by atoms with Crippen molar-refractivity contribution in [3.05, 3.63) is 48.2 Å². The molecule has 2 heterocycles. The van der Waals surface area contributed by atoms with Crippen molar-refractivity contribution in [2.24, 2.45) is 0 Å².